The molecule has 0 aliphatic heterocycles. The minimum atomic E-state index is 0.675. The summed E-state index contributed by atoms with van der Waals surface area (Å²) in [4.78, 5) is 6.82. The standard InChI is InChI=1S/C14H28N2/c1-7-16(8-2)11-13(5)10-14(15-6)9-12(3)4/h9,13H,7-8,10-11H2,1-6H3. The first-order valence-corrected chi connectivity index (χ1v) is 6.36. The van der Waals surface area contributed by atoms with Crippen LogP contribution in [0.3, 0.4) is 0 Å². The number of aliphatic imine (C=N–C) groups is 1. The highest BCUT2D eigenvalue weighted by Gasteiger charge is 2.09. The summed E-state index contributed by atoms with van der Waals surface area (Å²) in [6.07, 6.45) is 3.27. The minimum absolute atomic E-state index is 0.675. The van der Waals surface area contributed by atoms with Crippen molar-refractivity contribution in [1.82, 2.24) is 4.90 Å². The average molecular weight is 224 g/mol. The summed E-state index contributed by atoms with van der Waals surface area (Å²) in [6.45, 7) is 14.5. The molecule has 0 amide bonds. The normalized spacial score (nSPS) is 14.1. The van der Waals surface area contributed by atoms with Crippen molar-refractivity contribution in [3.63, 3.8) is 0 Å². The van der Waals surface area contributed by atoms with E-state index in [9.17, 15) is 0 Å². The molecule has 0 bridgehead atoms. The van der Waals surface area contributed by atoms with E-state index in [0.717, 1.165) is 19.5 Å². The second-order valence-corrected chi connectivity index (χ2v) is 4.73. The fourth-order valence-electron chi connectivity index (χ4n) is 1.89. The number of rotatable bonds is 7. The van der Waals surface area contributed by atoms with Gasteiger partial charge in [-0.05, 0) is 45.4 Å². The zero-order chi connectivity index (χ0) is 12.6. The fraction of sp³-hybridized carbons (Fsp3) is 0.786. The molecule has 0 saturated carbocycles. The molecule has 0 heterocycles. The predicted molar refractivity (Wildman–Crippen MR) is 74.4 cm³/mol. The van der Waals surface area contributed by atoms with E-state index < -0.39 is 0 Å². The van der Waals surface area contributed by atoms with E-state index in [4.69, 9.17) is 0 Å². The Balaban J connectivity index is 4.21. The van der Waals surface area contributed by atoms with Crippen LogP contribution in [-0.2, 0) is 0 Å². The van der Waals surface area contributed by atoms with Gasteiger partial charge in [0.05, 0.1) is 0 Å². The number of hydrogen-bond acceptors (Lipinski definition) is 2. The third-order valence-corrected chi connectivity index (χ3v) is 2.76. The van der Waals surface area contributed by atoms with Gasteiger partial charge in [0.25, 0.3) is 0 Å². The molecule has 0 radical (unpaired) electrons. The molecule has 0 N–H and O–H groups in total. The molecule has 2 nitrogen and oxygen atoms in total. The second kappa shape index (κ2) is 8.51. The van der Waals surface area contributed by atoms with Crippen molar-refractivity contribution in [1.29, 1.82) is 0 Å². The number of allylic oxidation sites excluding steroid dienone is 2. The van der Waals surface area contributed by atoms with Crippen LogP contribution in [-0.4, -0.2) is 37.3 Å². The average Bonchev–Trinajstić information content (AvgIpc) is 2.24. The Labute approximate surface area is 101 Å². The van der Waals surface area contributed by atoms with Gasteiger partial charge in [0.15, 0.2) is 0 Å². The molecule has 2 heteroatoms. The third-order valence-electron chi connectivity index (χ3n) is 2.76. The Morgan fingerprint density at radius 2 is 1.81 bits per heavy atom. The fourth-order valence-corrected chi connectivity index (χ4v) is 1.89. The van der Waals surface area contributed by atoms with Crippen molar-refractivity contribution in [2.45, 2.75) is 41.0 Å². The zero-order valence-electron chi connectivity index (χ0n) is 11.9. The molecule has 1 atom stereocenters. The van der Waals surface area contributed by atoms with Crippen LogP contribution in [0, 0.1) is 5.92 Å². The molecule has 0 aromatic carbocycles. The Hall–Kier alpha value is -0.630. The maximum absolute atomic E-state index is 4.35. The first kappa shape index (κ1) is 15.4. The SMILES string of the molecule is CCN(CC)CC(C)CC(C=C(C)C)=NC. The molecule has 0 aromatic heterocycles. The lowest BCUT2D eigenvalue weighted by atomic mass is 10.0. The zero-order valence-corrected chi connectivity index (χ0v) is 11.9. The van der Waals surface area contributed by atoms with Crippen LogP contribution in [0.4, 0.5) is 0 Å². The van der Waals surface area contributed by atoms with Crippen LogP contribution in [0.1, 0.15) is 41.0 Å². The lowest BCUT2D eigenvalue weighted by Gasteiger charge is -2.22. The predicted octanol–water partition coefficient (Wildman–Crippen LogP) is 3.39. The lowest BCUT2D eigenvalue weighted by Crippen LogP contribution is -2.29. The van der Waals surface area contributed by atoms with E-state index in [2.05, 4.69) is 50.6 Å². The Kier molecular flexibility index (Phi) is 8.18. The topological polar surface area (TPSA) is 15.6 Å². The van der Waals surface area contributed by atoms with E-state index in [0.29, 0.717) is 5.92 Å². The van der Waals surface area contributed by atoms with Crippen molar-refractivity contribution in [3.05, 3.63) is 11.6 Å². The van der Waals surface area contributed by atoms with Crippen LogP contribution in [0.25, 0.3) is 0 Å². The van der Waals surface area contributed by atoms with Gasteiger partial charge >= 0.3 is 0 Å². The van der Waals surface area contributed by atoms with Gasteiger partial charge in [-0.15, -0.1) is 0 Å². The van der Waals surface area contributed by atoms with Crippen molar-refractivity contribution in [2.75, 3.05) is 26.7 Å². The van der Waals surface area contributed by atoms with E-state index in [1.807, 2.05) is 7.05 Å². The van der Waals surface area contributed by atoms with Gasteiger partial charge in [-0.2, -0.15) is 0 Å². The van der Waals surface area contributed by atoms with Crippen LogP contribution in [0.2, 0.25) is 0 Å². The molecular weight excluding hydrogens is 196 g/mol. The molecule has 0 saturated heterocycles. The molecule has 0 aliphatic carbocycles. The Bertz CT molecular complexity index is 233. The smallest absolute Gasteiger partial charge is 0.0347 e. The van der Waals surface area contributed by atoms with Crippen LogP contribution >= 0.6 is 0 Å². The summed E-state index contributed by atoms with van der Waals surface area (Å²) in [5, 5.41) is 0. The van der Waals surface area contributed by atoms with Crippen molar-refractivity contribution in [3.8, 4) is 0 Å². The van der Waals surface area contributed by atoms with Gasteiger partial charge in [-0.1, -0.05) is 26.3 Å². The molecule has 1 unspecified atom stereocenters. The van der Waals surface area contributed by atoms with Gasteiger partial charge in [0, 0.05) is 19.3 Å². The van der Waals surface area contributed by atoms with E-state index in [-0.39, 0.29) is 0 Å². The lowest BCUT2D eigenvalue weighted by molar-refractivity contribution is 0.264. The molecule has 0 aliphatic rings. The van der Waals surface area contributed by atoms with Crippen LogP contribution in [0.5, 0.6) is 0 Å². The van der Waals surface area contributed by atoms with Crippen LogP contribution in [0.15, 0.2) is 16.6 Å². The first-order chi connectivity index (χ1) is 7.53. The van der Waals surface area contributed by atoms with Gasteiger partial charge in [-0.25, -0.2) is 0 Å². The number of hydrogen-bond donors (Lipinski definition) is 0. The molecular formula is C14H28N2. The minimum Gasteiger partial charge on any atom is -0.304 e. The van der Waals surface area contributed by atoms with Crippen molar-refractivity contribution >= 4 is 5.71 Å². The summed E-state index contributed by atoms with van der Waals surface area (Å²) in [6, 6.07) is 0. The van der Waals surface area contributed by atoms with Crippen molar-refractivity contribution < 1.29 is 0 Å². The summed E-state index contributed by atoms with van der Waals surface area (Å²) in [7, 11) is 1.89. The van der Waals surface area contributed by atoms with E-state index in [1.54, 1.807) is 0 Å². The Morgan fingerprint density at radius 3 is 2.19 bits per heavy atom. The van der Waals surface area contributed by atoms with Crippen molar-refractivity contribution in [2.24, 2.45) is 10.9 Å². The molecule has 0 fully saturated rings. The summed E-state index contributed by atoms with van der Waals surface area (Å²) < 4.78 is 0. The monoisotopic (exact) mass is 224 g/mol. The highest BCUT2D eigenvalue weighted by Crippen LogP contribution is 2.08. The van der Waals surface area contributed by atoms with Gasteiger partial charge < -0.3 is 4.90 Å². The summed E-state index contributed by atoms with van der Waals surface area (Å²) >= 11 is 0. The second-order valence-electron chi connectivity index (χ2n) is 4.73. The summed E-state index contributed by atoms with van der Waals surface area (Å²) in [5.41, 5.74) is 2.55. The highest BCUT2D eigenvalue weighted by atomic mass is 15.1. The molecule has 0 spiro atoms. The third kappa shape index (κ3) is 6.78. The summed E-state index contributed by atoms with van der Waals surface area (Å²) in [5.74, 6) is 0.675. The largest absolute Gasteiger partial charge is 0.304 e. The molecule has 0 aromatic rings. The quantitative estimate of drug-likeness (QED) is 0.605. The molecule has 94 valence electrons. The highest BCUT2D eigenvalue weighted by molar-refractivity contribution is 5.95. The van der Waals surface area contributed by atoms with Gasteiger partial charge in [0.2, 0.25) is 0 Å². The maximum Gasteiger partial charge on any atom is 0.0347 e. The van der Waals surface area contributed by atoms with Gasteiger partial charge in [-0.3, -0.25) is 4.99 Å². The van der Waals surface area contributed by atoms with E-state index >= 15 is 0 Å². The molecule has 16 heavy (non-hydrogen) atoms. The first-order valence-electron chi connectivity index (χ1n) is 6.36. The van der Waals surface area contributed by atoms with Gasteiger partial charge in [0.1, 0.15) is 0 Å². The maximum atomic E-state index is 4.35. The number of nitrogens with zero attached hydrogens (tertiary/aromatic N) is 2. The van der Waals surface area contributed by atoms with E-state index in [1.165, 1.54) is 17.8 Å². The Morgan fingerprint density at radius 1 is 1.25 bits per heavy atom. The molecule has 0 rings (SSSR count). The van der Waals surface area contributed by atoms with Crippen LogP contribution < -0.4 is 0 Å².